The van der Waals surface area contributed by atoms with Crippen LogP contribution in [0.25, 0.3) is 11.3 Å². The van der Waals surface area contributed by atoms with Gasteiger partial charge in [-0.25, -0.2) is 4.79 Å². The largest absolute Gasteiger partial charge is 0.475 e. The number of aromatic carboxylic acids is 1. The first-order chi connectivity index (χ1) is 8.19. The first-order valence-electron chi connectivity index (χ1n) is 5.51. The van der Waals surface area contributed by atoms with Gasteiger partial charge in [-0.05, 0) is 12.5 Å². The highest BCUT2D eigenvalue weighted by Gasteiger charge is 2.24. The summed E-state index contributed by atoms with van der Waals surface area (Å²) in [4.78, 5) is 14.2. The summed E-state index contributed by atoms with van der Waals surface area (Å²) < 4.78 is 5.37. The number of fused-ring (bicyclic) bond motifs is 3. The van der Waals surface area contributed by atoms with E-state index in [0.717, 1.165) is 29.1 Å². The van der Waals surface area contributed by atoms with Crippen LogP contribution in [0, 0.1) is 0 Å². The second kappa shape index (κ2) is 3.41. The summed E-state index contributed by atoms with van der Waals surface area (Å²) >= 11 is 0. The smallest absolute Gasteiger partial charge is 0.371 e. The van der Waals surface area contributed by atoms with Gasteiger partial charge in [-0.1, -0.05) is 6.92 Å². The molecule has 1 aliphatic heterocycles. The molecule has 0 spiro atoms. The fourth-order valence-corrected chi connectivity index (χ4v) is 2.10. The van der Waals surface area contributed by atoms with Crippen LogP contribution in [0.2, 0.25) is 0 Å². The molecule has 0 unspecified atom stereocenters. The first kappa shape index (κ1) is 10.0. The average Bonchev–Trinajstić information content (AvgIpc) is 2.91. The average molecular weight is 232 g/mol. The van der Waals surface area contributed by atoms with Gasteiger partial charge < -0.3 is 19.8 Å². The highest BCUT2D eigenvalue weighted by Crippen LogP contribution is 2.38. The van der Waals surface area contributed by atoms with E-state index in [1.54, 1.807) is 0 Å². The van der Waals surface area contributed by atoms with E-state index in [1.165, 1.54) is 6.07 Å². The molecule has 0 radical (unpaired) electrons. The Morgan fingerprint density at radius 3 is 3.06 bits per heavy atom. The van der Waals surface area contributed by atoms with E-state index in [0.29, 0.717) is 12.3 Å². The van der Waals surface area contributed by atoms with E-state index in [-0.39, 0.29) is 5.76 Å². The molecule has 3 N–H and O–H groups in total. The molecule has 2 aromatic rings. The van der Waals surface area contributed by atoms with Crippen LogP contribution in [0.5, 0.6) is 0 Å². The molecular weight excluding hydrogens is 220 g/mol. The number of hydrogen-bond donors (Lipinski definition) is 3. The fraction of sp³-hybridized carbons (Fsp3) is 0.250. The Hall–Kier alpha value is -2.17. The Morgan fingerprint density at radius 2 is 2.35 bits per heavy atom. The second-order valence-corrected chi connectivity index (χ2v) is 4.05. The fourth-order valence-electron chi connectivity index (χ4n) is 2.10. The van der Waals surface area contributed by atoms with Gasteiger partial charge >= 0.3 is 5.97 Å². The molecule has 0 atom stereocenters. The lowest BCUT2D eigenvalue weighted by Gasteiger charge is -2.12. The summed E-state index contributed by atoms with van der Waals surface area (Å²) in [6, 6.07) is 3.55. The monoisotopic (exact) mass is 232 g/mol. The second-order valence-electron chi connectivity index (χ2n) is 4.05. The van der Waals surface area contributed by atoms with Crippen molar-refractivity contribution < 1.29 is 14.3 Å². The number of nitrogens with one attached hydrogen (secondary N) is 2. The molecule has 0 saturated heterocycles. The Balaban J connectivity index is 2.14. The van der Waals surface area contributed by atoms with Crippen LogP contribution in [0.1, 0.15) is 28.9 Å². The van der Waals surface area contributed by atoms with Crippen molar-refractivity contribution in [2.75, 3.05) is 5.32 Å². The van der Waals surface area contributed by atoms with Crippen LogP contribution in [0.15, 0.2) is 16.5 Å². The van der Waals surface area contributed by atoms with E-state index in [9.17, 15) is 4.79 Å². The van der Waals surface area contributed by atoms with Gasteiger partial charge in [-0.2, -0.15) is 0 Å². The summed E-state index contributed by atoms with van der Waals surface area (Å²) in [5.74, 6) is -0.469. The molecule has 0 amide bonds. The van der Waals surface area contributed by atoms with Gasteiger partial charge in [-0.15, -0.1) is 0 Å². The van der Waals surface area contributed by atoms with Gasteiger partial charge in [0.15, 0.2) is 5.76 Å². The van der Waals surface area contributed by atoms with Crippen LogP contribution in [-0.4, -0.2) is 16.1 Å². The normalized spacial score (nSPS) is 12.8. The van der Waals surface area contributed by atoms with Crippen molar-refractivity contribution >= 4 is 11.7 Å². The summed E-state index contributed by atoms with van der Waals surface area (Å²) in [6.45, 7) is 2.73. The van der Waals surface area contributed by atoms with Crippen LogP contribution in [0.4, 0.5) is 5.69 Å². The van der Waals surface area contributed by atoms with Gasteiger partial charge in [0, 0.05) is 23.0 Å². The van der Waals surface area contributed by atoms with E-state index in [2.05, 4.69) is 17.2 Å². The summed E-state index contributed by atoms with van der Waals surface area (Å²) in [6.07, 6.45) is 0.912. The Labute approximate surface area is 97.5 Å². The lowest BCUT2D eigenvalue weighted by atomic mass is 10.1. The number of anilines is 1. The van der Waals surface area contributed by atoms with Crippen LogP contribution < -0.4 is 5.32 Å². The van der Waals surface area contributed by atoms with Gasteiger partial charge in [0.25, 0.3) is 0 Å². The third-order valence-corrected chi connectivity index (χ3v) is 2.98. The molecule has 88 valence electrons. The minimum Gasteiger partial charge on any atom is -0.475 e. The number of rotatable bonds is 2. The SMILES string of the molecule is CCc1cc2c([nH]1)CNc1cc(C(=O)O)oc1-2. The summed E-state index contributed by atoms with van der Waals surface area (Å²) in [5.41, 5.74) is 3.87. The van der Waals surface area contributed by atoms with Crippen molar-refractivity contribution in [2.24, 2.45) is 0 Å². The van der Waals surface area contributed by atoms with Crippen molar-refractivity contribution in [3.8, 4) is 11.3 Å². The predicted octanol–water partition coefficient (Wildman–Crippen LogP) is 2.46. The Kier molecular flexibility index (Phi) is 2.01. The van der Waals surface area contributed by atoms with Crippen LogP contribution in [0.3, 0.4) is 0 Å². The molecule has 1 aliphatic rings. The minimum absolute atomic E-state index is 0.0328. The van der Waals surface area contributed by atoms with E-state index in [1.807, 2.05) is 6.07 Å². The molecule has 5 nitrogen and oxygen atoms in total. The zero-order valence-corrected chi connectivity index (χ0v) is 9.33. The van der Waals surface area contributed by atoms with Gasteiger partial charge in [-0.3, -0.25) is 0 Å². The van der Waals surface area contributed by atoms with Crippen molar-refractivity contribution in [2.45, 2.75) is 19.9 Å². The number of carboxylic acid groups (broad SMARTS) is 1. The van der Waals surface area contributed by atoms with Crippen molar-refractivity contribution in [1.82, 2.24) is 4.98 Å². The number of H-pyrrole nitrogens is 1. The topological polar surface area (TPSA) is 78.3 Å². The quantitative estimate of drug-likeness (QED) is 0.743. The Morgan fingerprint density at radius 1 is 1.53 bits per heavy atom. The number of furan rings is 1. The lowest BCUT2D eigenvalue weighted by molar-refractivity contribution is 0.0663. The highest BCUT2D eigenvalue weighted by molar-refractivity contribution is 5.90. The summed E-state index contributed by atoms with van der Waals surface area (Å²) in [5, 5.41) is 12.0. The maximum atomic E-state index is 10.9. The van der Waals surface area contributed by atoms with Gasteiger partial charge in [0.05, 0.1) is 12.2 Å². The van der Waals surface area contributed by atoms with Crippen molar-refractivity contribution in [1.29, 1.82) is 0 Å². The van der Waals surface area contributed by atoms with Crippen molar-refractivity contribution in [3.63, 3.8) is 0 Å². The predicted molar refractivity (Wildman–Crippen MR) is 62.2 cm³/mol. The molecule has 0 aliphatic carbocycles. The molecular formula is C12H12N2O3. The number of carboxylic acids is 1. The van der Waals surface area contributed by atoms with Crippen LogP contribution >= 0.6 is 0 Å². The minimum atomic E-state index is -1.05. The van der Waals surface area contributed by atoms with Gasteiger partial charge in [0.1, 0.15) is 0 Å². The zero-order valence-electron chi connectivity index (χ0n) is 9.33. The van der Waals surface area contributed by atoms with E-state index in [4.69, 9.17) is 9.52 Å². The first-order valence-corrected chi connectivity index (χ1v) is 5.51. The number of aromatic nitrogens is 1. The lowest BCUT2D eigenvalue weighted by Crippen LogP contribution is -2.05. The molecule has 0 fully saturated rings. The summed E-state index contributed by atoms with van der Waals surface area (Å²) in [7, 11) is 0. The molecule has 0 saturated carbocycles. The highest BCUT2D eigenvalue weighted by atomic mass is 16.4. The van der Waals surface area contributed by atoms with Gasteiger partial charge in [0.2, 0.25) is 5.76 Å². The number of hydrogen-bond acceptors (Lipinski definition) is 3. The maximum Gasteiger partial charge on any atom is 0.371 e. The molecule has 2 aromatic heterocycles. The third kappa shape index (κ3) is 1.43. The van der Waals surface area contributed by atoms with E-state index < -0.39 is 5.97 Å². The van der Waals surface area contributed by atoms with E-state index >= 15 is 0 Å². The number of aromatic amines is 1. The molecule has 5 heteroatoms. The number of aryl methyl sites for hydroxylation is 1. The molecule has 3 heterocycles. The molecule has 0 aromatic carbocycles. The van der Waals surface area contributed by atoms with Crippen LogP contribution in [-0.2, 0) is 13.0 Å². The molecule has 17 heavy (non-hydrogen) atoms. The third-order valence-electron chi connectivity index (χ3n) is 2.98. The molecule has 3 rings (SSSR count). The standard InChI is InChI=1S/C12H12N2O3/c1-2-6-3-7-9(14-6)5-13-8-4-10(12(15)16)17-11(7)8/h3-4,13-14H,2,5H2,1H3,(H,15,16). The maximum absolute atomic E-state index is 10.9. The zero-order chi connectivity index (χ0) is 12.0. The Bertz CT molecular complexity index is 595. The van der Waals surface area contributed by atoms with Crippen molar-refractivity contribution in [3.05, 3.63) is 29.3 Å². The number of carbonyl (C=O) groups is 1. The molecule has 0 bridgehead atoms.